The van der Waals surface area contributed by atoms with E-state index in [2.05, 4.69) is 4.72 Å². The lowest BCUT2D eigenvalue weighted by atomic mass is 10.3. The van der Waals surface area contributed by atoms with Gasteiger partial charge in [0.25, 0.3) is 0 Å². The fourth-order valence-corrected chi connectivity index (χ4v) is 2.19. The Kier molecular flexibility index (Phi) is 4.92. The number of nitrogen functional groups attached to an aromatic ring is 1. The van der Waals surface area contributed by atoms with Crippen molar-refractivity contribution < 1.29 is 17.5 Å². The van der Waals surface area contributed by atoms with E-state index in [-0.39, 0.29) is 29.8 Å². The van der Waals surface area contributed by atoms with Crippen molar-refractivity contribution in [3.05, 3.63) is 24.0 Å². The first-order chi connectivity index (χ1) is 8.28. The molecule has 102 valence electrons. The molecule has 0 bridgehead atoms. The van der Waals surface area contributed by atoms with E-state index >= 15 is 0 Å². The van der Waals surface area contributed by atoms with Crippen LogP contribution in [0.1, 0.15) is 13.8 Å². The second-order valence-electron chi connectivity index (χ2n) is 4.11. The Labute approximate surface area is 106 Å². The van der Waals surface area contributed by atoms with Gasteiger partial charge in [0.2, 0.25) is 10.0 Å². The number of anilines is 2. The fourth-order valence-electron chi connectivity index (χ4n) is 1.30. The summed E-state index contributed by atoms with van der Waals surface area (Å²) in [6, 6.07) is 3.53. The molecular formula is C11H17FN2O3S. The number of hydrogen-bond donors (Lipinski definition) is 2. The summed E-state index contributed by atoms with van der Waals surface area (Å²) in [4.78, 5) is 0. The van der Waals surface area contributed by atoms with Crippen LogP contribution in [0.25, 0.3) is 0 Å². The van der Waals surface area contributed by atoms with Gasteiger partial charge in [0.1, 0.15) is 5.82 Å². The molecule has 0 fully saturated rings. The summed E-state index contributed by atoms with van der Waals surface area (Å²) in [6.45, 7) is 3.71. The smallest absolute Gasteiger partial charge is 0.235 e. The molecule has 0 aromatic heterocycles. The minimum Gasteiger partial charge on any atom is -0.399 e. The Morgan fingerprint density at radius 1 is 1.39 bits per heavy atom. The summed E-state index contributed by atoms with van der Waals surface area (Å²) in [5.41, 5.74) is 5.69. The maximum atomic E-state index is 13.0. The van der Waals surface area contributed by atoms with E-state index in [1.54, 1.807) is 0 Å². The van der Waals surface area contributed by atoms with Crippen molar-refractivity contribution in [3.63, 3.8) is 0 Å². The molecule has 0 aliphatic heterocycles. The monoisotopic (exact) mass is 276 g/mol. The average Bonchev–Trinajstić information content (AvgIpc) is 2.12. The lowest BCUT2D eigenvalue weighted by Crippen LogP contribution is -2.21. The topological polar surface area (TPSA) is 81.4 Å². The first kappa shape index (κ1) is 14.7. The van der Waals surface area contributed by atoms with Crippen molar-refractivity contribution >= 4 is 21.4 Å². The minimum atomic E-state index is -3.56. The molecule has 1 aromatic rings. The molecule has 0 aliphatic rings. The Balaban J connectivity index is 2.64. The molecule has 0 amide bonds. The zero-order valence-corrected chi connectivity index (χ0v) is 11.1. The molecule has 0 unspecified atom stereocenters. The van der Waals surface area contributed by atoms with Gasteiger partial charge in [-0.05, 0) is 32.0 Å². The van der Waals surface area contributed by atoms with E-state index in [0.29, 0.717) is 0 Å². The molecule has 0 saturated carbocycles. The molecule has 0 atom stereocenters. The van der Waals surface area contributed by atoms with E-state index < -0.39 is 15.8 Å². The highest BCUT2D eigenvalue weighted by Crippen LogP contribution is 2.16. The number of nitrogens with one attached hydrogen (secondary N) is 1. The second kappa shape index (κ2) is 6.01. The Hall–Kier alpha value is -1.34. The third-order valence-electron chi connectivity index (χ3n) is 2.00. The number of ether oxygens (including phenoxy) is 1. The maximum absolute atomic E-state index is 13.0. The predicted octanol–water partition coefficient (Wildman–Crippen LogP) is 1.57. The number of halogens is 1. The molecule has 1 aromatic carbocycles. The van der Waals surface area contributed by atoms with Gasteiger partial charge in [-0.2, -0.15) is 0 Å². The van der Waals surface area contributed by atoms with Crippen LogP contribution in [0.15, 0.2) is 18.2 Å². The van der Waals surface area contributed by atoms with Gasteiger partial charge >= 0.3 is 0 Å². The van der Waals surface area contributed by atoms with Gasteiger partial charge in [-0.15, -0.1) is 0 Å². The van der Waals surface area contributed by atoms with Crippen LogP contribution in [-0.4, -0.2) is 26.9 Å². The van der Waals surface area contributed by atoms with Crippen molar-refractivity contribution in [1.82, 2.24) is 0 Å². The molecule has 3 N–H and O–H groups in total. The lowest BCUT2D eigenvalue weighted by Gasteiger charge is -2.10. The van der Waals surface area contributed by atoms with Crippen molar-refractivity contribution in [2.75, 3.05) is 22.8 Å². The Morgan fingerprint density at radius 2 is 2.06 bits per heavy atom. The highest BCUT2D eigenvalue weighted by Gasteiger charge is 2.11. The second-order valence-corrected chi connectivity index (χ2v) is 5.96. The number of rotatable bonds is 6. The van der Waals surface area contributed by atoms with E-state index in [1.807, 2.05) is 13.8 Å². The van der Waals surface area contributed by atoms with Crippen LogP contribution >= 0.6 is 0 Å². The van der Waals surface area contributed by atoms with E-state index in [1.165, 1.54) is 6.07 Å². The van der Waals surface area contributed by atoms with Crippen LogP contribution in [0.3, 0.4) is 0 Å². The summed E-state index contributed by atoms with van der Waals surface area (Å²) >= 11 is 0. The third kappa shape index (κ3) is 5.33. The summed E-state index contributed by atoms with van der Waals surface area (Å²) in [7, 11) is -3.56. The third-order valence-corrected chi connectivity index (χ3v) is 3.25. The molecular weight excluding hydrogens is 259 g/mol. The highest BCUT2D eigenvalue weighted by molar-refractivity contribution is 7.92. The minimum absolute atomic E-state index is 0.0370. The standard InChI is InChI=1S/C11H17FN2O3S/c1-8(2)17-3-4-18(15,16)14-11-6-9(12)5-10(13)7-11/h5-8,14H,3-4,13H2,1-2H3. The van der Waals surface area contributed by atoms with Gasteiger partial charge in [0, 0.05) is 5.69 Å². The zero-order valence-electron chi connectivity index (χ0n) is 10.3. The van der Waals surface area contributed by atoms with Crippen LogP contribution in [0, 0.1) is 5.82 Å². The van der Waals surface area contributed by atoms with Crippen LogP contribution in [0.2, 0.25) is 0 Å². The summed E-state index contributed by atoms with van der Waals surface area (Å²) in [5.74, 6) is -0.784. The van der Waals surface area contributed by atoms with Gasteiger partial charge in [-0.1, -0.05) is 0 Å². The number of nitrogens with two attached hydrogens (primary N) is 1. The van der Waals surface area contributed by atoms with Crippen LogP contribution in [0.5, 0.6) is 0 Å². The van der Waals surface area contributed by atoms with Crippen LogP contribution in [-0.2, 0) is 14.8 Å². The van der Waals surface area contributed by atoms with Crippen molar-refractivity contribution in [2.45, 2.75) is 20.0 Å². The maximum Gasteiger partial charge on any atom is 0.235 e. The highest BCUT2D eigenvalue weighted by atomic mass is 32.2. The SMILES string of the molecule is CC(C)OCCS(=O)(=O)Nc1cc(N)cc(F)c1. The number of sulfonamides is 1. The van der Waals surface area contributed by atoms with Gasteiger partial charge < -0.3 is 10.5 Å². The lowest BCUT2D eigenvalue weighted by molar-refractivity contribution is 0.0913. The summed E-state index contributed by atoms with van der Waals surface area (Å²) in [6.07, 6.45) is -0.0370. The van der Waals surface area contributed by atoms with E-state index in [4.69, 9.17) is 10.5 Å². The molecule has 5 nitrogen and oxygen atoms in total. The van der Waals surface area contributed by atoms with Crippen molar-refractivity contribution in [1.29, 1.82) is 0 Å². The molecule has 7 heteroatoms. The molecule has 0 heterocycles. The van der Waals surface area contributed by atoms with E-state index in [0.717, 1.165) is 12.1 Å². The fraction of sp³-hybridized carbons (Fsp3) is 0.455. The quantitative estimate of drug-likeness (QED) is 0.773. The molecule has 0 saturated heterocycles. The van der Waals surface area contributed by atoms with Crippen LogP contribution in [0.4, 0.5) is 15.8 Å². The first-order valence-electron chi connectivity index (χ1n) is 5.46. The first-order valence-corrected chi connectivity index (χ1v) is 7.12. The normalized spacial score (nSPS) is 11.8. The largest absolute Gasteiger partial charge is 0.399 e. The molecule has 18 heavy (non-hydrogen) atoms. The molecule has 0 radical (unpaired) electrons. The van der Waals surface area contributed by atoms with Gasteiger partial charge in [-0.25, -0.2) is 12.8 Å². The Morgan fingerprint density at radius 3 is 2.61 bits per heavy atom. The van der Waals surface area contributed by atoms with Gasteiger partial charge in [0.05, 0.1) is 24.2 Å². The molecule has 0 spiro atoms. The van der Waals surface area contributed by atoms with Crippen LogP contribution < -0.4 is 10.5 Å². The number of benzene rings is 1. The average molecular weight is 276 g/mol. The van der Waals surface area contributed by atoms with E-state index in [9.17, 15) is 12.8 Å². The molecule has 1 rings (SSSR count). The molecule has 0 aliphatic carbocycles. The van der Waals surface area contributed by atoms with Gasteiger partial charge in [0.15, 0.2) is 0 Å². The predicted molar refractivity (Wildman–Crippen MR) is 69.3 cm³/mol. The summed E-state index contributed by atoms with van der Waals surface area (Å²) in [5, 5.41) is 0. The van der Waals surface area contributed by atoms with Crippen molar-refractivity contribution in [2.24, 2.45) is 0 Å². The zero-order chi connectivity index (χ0) is 13.8. The van der Waals surface area contributed by atoms with Gasteiger partial charge in [-0.3, -0.25) is 4.72 Å². The Bertz CT molecular complexity index is 483. The van der Waals surface area contributed by atoms with Crippen molar-refractivity contribution in [3.8, 4) is 0 Å². The summed E-state index contributed by atoms with van der Waals surface area (Å²) < 4.78 is 43.7. The number of hydrogen-bond acceptors (Lipinski definition) is 4.